The largest absolute Gasteiger partial charge is 0.387 e. The summed E-state index contributed by atoms with van der Waals surface area (Å²) in [6.45, 7) is 0.520. The van der Waals surface area contributed by atoms with Gasteiger partial charge in [-0.05, 0) is 31.0 Å². The van der Waals surface area contributed by atoms with Crippen LogP contribution < -0.4 is 11.1 Å². The molecule has 0 radical (unpaired) electrons. The summed E-state index contributed by atoms with van der Waals surface area (Å²) < 4.78 is 0. The van der Waals surface area contributed by atoms with Crippen LogP contribution in [0.1, 0.15) is 51.0 Å². The van der Waals surface area contributed by atoms with Gasteiger partial charge in [0.25, 0.3) is 11.8 Å². The molecule has 8 nitrogen and oxygen atoms in total. The van der Waals surface area contributed by atoms with E-state index in [1.807, 2.05) is 24.3 Å². The highest BCUT2D eigenvalue weighted by Crippen LogP contribution is 2.23. The van der Waals surface area contributed by atoms with Crippen LogP contribution in [-0.4, -0.2) is 46.1 Å². The maximum Gasteiger partial charge on any atom is 0.278 e. The van der Waals surface area contributed by atoms with Gasteiger partial charge in [0.1, 0.15) is 11.7 Å². The molecule has 0 aliphatic carbocycles. The minimum absolute atomic E-state index is 0.304. The summed E-state index contributed by atoms with van der Waals surface area (Å²) in [5.41, 5.74) is 8.70. The highest BCUT2D eigenvalue weighted by molar-refractivity contribution is 7.81. The number of thiol groups is 1. The molecule has 4 N–H and O–H groups in total. The van der Waals surface area contributed by atoms with Crippen LogP contribution in [0, 0.1) is 0 Å². The predicted octanol–water partition coefficient (Wildman–Crippen LogP) is 2.67. The molecule has 0 saturated heterocycles. The molecule has 1 atom stereocenters. The summed E-state index contributed by atoms with van der Waals surface area (Å²) in [6.07, 6.45) is 2.76. The molecule has 3 aromatic rings. The normalized spacial score (nSPS) is 14.1. The van der Waals surface area contributed by atoms with E-state index in [9.17, 15) is 9.59 Å². The summed E-state index contributed by atoms with van der Waals surface area (Å²) >= 11 is 4.10. The molecule has 2 heterocycles. The van der Waals surface area contributed by atoms with Crippen LogP contribution in [-0.2, 0) is 0 Å². The molecule has 9 heteroatoms. The Hall–Kier alpha value is -3.46. The lowest BCUT2D eigenvalue weighted by Gasteiger charge is -2.17. The molecule has 1 aromatic heterocycles. The number of H-pyrrole nitrogens is 1. The van der Waals surface area contributed by atoms with Crippen LogP contribution >= 0.6 is 12.6 Å². The van der Waals surface area contributed by atoms with Crippen LogP contribution in [0.25, 0.3) is 11.0 Å². The molecule has 1 aliphatic rings. The maximum atomic E-state index is 13.1. The van der Waals surface area contributed by atoms with Crippen molar-refractivity contribution in [1.29, 1.82) is 0 Å². The van der Waals surface area contributed by atoms with Gasteiger partial charge in [-0.1, -0.05) is 24.3 Å². The summed E-state index contributed by atoms with van der Waals surface area (Å²) in [4.78, 5) is 41.2. The number of nitrogens with zero attached hydrogens (tertiary/aromatic N) is 3. The Balaban J connectivity index is 1.58. The highest BCUT2D eigenvalue weighted by atomic mass is 32.1. The summed E-state index contributed by atoms with van der Waals surface area (Å²) in [6, 6.07) is 12.4. The fourth-order valence-corrected chi connectivity index (χ4v) is 3.62. The quantitative estimate of drug-likeness (QED) is 0.188. The predicted molar refractivity (Wildman–Crippen MR) is 124 cm³/mol. The maximum absolute atomic E-state index is 13.1. The summed E-state index contributed by atoms with van der Waals surface area (Å²) in [7, 11) is 0. The second kappa shape index (κ2) is 9.13. The van der Waals surface area contributed by atoms with Crippen molar-refractivity contribution in [3.8, 4) is 0 Å². The number of benzene rings is 2. The van der Waals surface area contributed by atoms with Crippen molar-refractivity contribution < 1.29 is 9.59 Å². The van der Waals surface area contributed by atoms with Crippen molar-refractivity contribution in [1.82, 2.24) is 15.3 Å². The number of aromatic amines is 1. The third-order valence-electron chi connectivity index (χ3n) is 5.05. The molecular weight excluding hydrogens is 412 g/mol. The van der Waals surface area contributed by atoms with E-state index in [0.29, 0.717) is 53.5 Å². The van der Waals surface area contributed by atoms with E-state index in [-0.39, 0.29) is 11.9 Å². The number of hydrogen-bond donors (Lipinski definition) is 4. The van der Waals surface area contributed by atoms with Gasteiger partial charge in [-0.25, -0.2) is 9.98 Å². The first-order chi connectivity index (χ1) is 15.1. The van der Waals surface area contributed by atoms with E-state index in [4.69, 9.17) is 5.73 Å². The molecular formula is C22H22N6O2S. The molecule has 0 saturated carbocycles. The third-order valence-corrected chi connectivity index (χ3v) is 5.37. The number of nitrogens with two attached hydrogens (primary N) is 1. The molecule has 0 unspecified atom stereocenters. The number of nitrogens with one attached hydrogen (secondary N) is 2. The van der Waals surface area contributed by atoms with Gasteiger partial charge < -0.3 is 16.0 Å². The number of rotatable bonds is 8. The molecule has 31 heavy (non-hydrogen) atoms. The first-order valence-electron chi connectivity index (χ1n) is 9.93. The Labute approximate surface area is 184 Å². The number of aliphatic imine (C=N–C) groups is 2. The number of para-hydroxylation sites is 2. The van der Waals surface area contributed by atoms with Crippen molar-refractivity contribution in [3.63, 3.8) is 0 Å². The van der Waals surface area contributed by atoms with Crippen molar-refractivity contribution in [2.75, 3.05) is 12.3 Å². The minimum Gasteiger partial charge on any atom is -0.387 e. The zero-order valence-electron chi connectivity index (χ0n) is 16.7. The molecule has 0 spiro atoms. The Morgan fingerprint density at radius 3 is 2.87 bits per heavy atom. The average Bonchev–Trinajstić information content (AvgIpc) is 3.39. The first-order valence-corrected chi connectivity index (χ1v) is 10.6. The zero-order chi connectivity index (χ0) is 21.8. The van der Waals surface area contributed by atoms with Gasteiger partial charge in [0.05, 0.1) is 28.2 Å². The standard InChI is InChI=1S/C22H22N6O2S/c23-18(12-31)24-10-4-9-17(20-26-15-7-1-2-8-16(15)27-20)28-21(29)14-6-3-5-13-11-25-22(30)19(13)14/h1-3,5-8,11,17,31H,4,9-10,12H2,(H2,23,24)(H,26,27)(H,28,29)/t17-/m0/s1. The molecule has 0 fully saturated rings. The lowest BCUT2D eigenvalue weighted by molar-refractivity contribution is 0.0920. The second-order valence-corrected chi connectivity index (χ2v) is 7.49. The third kappa shape index (κ3) is 4.51. The number of amidine groups is 1. The van der Waals surface area contributed by atoms with E-state index >= 15 is 0 Å². The zero-order valence-corrected chi connectivity index (χ0v) is 17.6. The van der Waals surface area contributed by atoms with Gasteiger partial charge in [0, 0.05) is 24.1 Å². The Morgan fingerprint density at radius 1 is 1.23 bits per heavy atom. The van der Waals surface area contributed by atoms with Crippen LogP contribution in [0.15, 0.2) is 52.4 Å². The SMILES string of the molecule is NC(CS)=NCCC[C@H](NC(=O)c1cccc2c1C(=O)N=C2)c1nc2ccccc2[nH]1. The molecule has 2 amide bonds. The lowest BCUT2D eigenvalue weighted by atomic mass is 10.0. The van der Waals surface area contributed by atoms with Gasteiger partial charge >= 0.3 is 0 Å². The summed E-state index contributed by atoms with van der Waals surface area (Å²) in [5, 5.41) is 3.03. The molecule has 4 rings (SSSR count). The van der Waals surface area contributed by atoms with E-state index in [0.717, 1.165) is 11.0 Å². The van der Waals surface area contributed by atoms with E-state index in [1.165, 1.54) is 6.21 Å². The molecule has 2 aromatic carbocycles. The van der Waals surface area contributed by atoms with Gasteiger partial charge in [-0.2, -0.15) is 12.6 Å². The number of fused-ring (bicyclic) bond motifs is 2. The van der Waals surface area contributed by atoms with E-state index in [1.54, 1.807) is 18.2 Å². The smallest absolute Gasteiger partial charge is 0.278 e. The highest BCUT2D eigenvalue weighted by Gasteiger charge is 2.26. The van der Waals surface area contributed by atoms with Gasteiger partial charge in [0.15, 0.2) is 0 Å². The molecule has 0 bridgehead atoms. The monoisotopic (exact) mass is 434 g/mol. The van der Waals surface area contributed by atoms with E-state index < -0.39 is 5.91 Å². The van der Waals surface area contributed by atoms with Crippen molar-refractivity contribution in [3.05, 3.63) is 65.0 Å². The lowest BCUT2D eigenvalue weighted by Crippen LogP contribution is -2.30. The Bertz CT molecular complexity index is 1170. The molecule has 158 valence electrons. The fraction of sp³-hybridized carbons (Fsp3) is 0.227. The van der Waals surface area contributed by atoms with Crippen LogP contribution in [0.3, 0.4) is 0 Å². The van der Waals surface area contributed by atoms with Crippen LogP contribution in [0.5, 0.6) is 0 Å². The number of amides is 2. The average molecular weight is 435 g/mol. The number of carbonyl (C=O) groups excluding carboxylic acids is 2. The topological polar surface area (TPSA) is 126 Å². The van der Waals surface area contributed by atoms with Crippen LogP contribution in [0.2, 0.25) is 0 Å². The molecule has 1 aliphatic heterocycles. The summed E-state index contributed by atoms with van der Waals surface area (Å²) in [5.74, 6) is 0.776. The second-order valence-electron chi connectivity index (χ2n) is 7.17. The van der Waals surface area contributed by atoms with E-state index in [2.05, 4.69) is 37.9 Å². The first kappa shape index (κ1) is 20.8. The Morgan fingerprint density at radius 2 is 2.06 bits per heavy atom. The van der Waals surface area contributed by atoms with Crippen LogP contribution in [0.4, 0.5) is 0 Å². The number of carbonyl (C=O) groups is 2. The van der Waals surface area contributed by atoms with Crippen molar-refractivity contribution >= 4 is 47.5 Å². The Kier molecular flexibility index (Phi) is 6.13. The van der Waals surface area contributed by atoms with Crippen molar-refractivity contribution in [2.24, 2.45) is 15.7 Å². The van der Waals surface area contributed by atoms with Crippen molar-refractivity contribution in [2.45, 2.75) is 18.9 Å². The minimum atomic E-state index is -0.405. The number of aromatic nitrogens is 2. The van der Waals surface area contributed by atoms with Gasteiger partial charge in [-0.3, -0.25) is 14.6 Å². The van der Waals surface area contributed by atoms with Gasteiger partial charge in [0.2, 0.25) is 0 Å². The number of imidazole rings is 1. The fourth-order valence-electron chi connectivity index (χ4n) is 3.52. The van der Waals surface area contributed by atoms with Gasteiger partial charge in [-0.15, -0.1) is 0 Å². The number of hydrogen-bond acceptors (Lipinski definition) is 5.